The van der Waals surface area contributed by atoms with Crippen molar-refractivity contribution >= 4 is 34.1 Å². The molecular weight excluding hydrogens is 491 g/mol. The molecule has 3 heterocycles. The van der Waals surface area contributed by atoms with Gasteiger partial charge in [0.15, 0.2) is 11.5 Å². The van der Waals surface area contributed by atoms with Crippen molar-refractivity contribution in [1.29, 1.82) is 0 Å². The van der Waals surface area contributed by atoms with E-state index in [1.54, 1.807) is 12.3 Å². The maximum absolute atomic E-state index is 14.7. The van der Waals surface area contributed by atoms with Crippen LogP contribution in [0.5, 0.6) is 0 Å². The SMILES string of the molecule is C=C/C=C(/c1cc(F)cc(NCCN(C)C)c1)c1nc(-c2n[nH]c3ccc(/C(C=NC=C)=C/C)nc23)[nH]c1C. The molecule has 0 saturated heterocycles. The predicted molar refractivity (Wildman–Crippen MR) is 159 cm³/mol. The van der Waals surface area contributed by atoms with Crippen LogP contribution >= 0.6 is 0 Å². The number of benzene rings is 1. The van der Waals surface area contributed by atoms with Gasteiger partial charge in [0.1, 0.15) is 11.3 Å². The molecule has 0 bridgehead atoms. The van der Waals surface area contributed by atoms with Gasteiger partial charge in [0, 0.05) is 48.0 Å². The van der Waals surface area contributed by atoms with Crippen LogP contribution in [0.4, 0.5) is 10.1 Å². The number of hydrogen-bond donors (Lipinski definition) is 3. The molecule has 0 radical (unpaired) electrons. The van der Waals surface area contributed by atoms with Gasteiger partial charge >= 0.3 is 0 Å². The van der Waals surface area contributed by atoms with Gasteiger partial charge in [-0.15, -0.1) is 0 Å². The van der Waals surface area contributed by atoms with Crippen molar-refractivity contribution in [3.63, 3.8) is 0 Å². The zero-order valence-corrected chi connectivity index (χ0v) is 22.7. The standard InChI is InChI=1S/C30H33FN8/c1-7-10-24(21-15-22(31)17-23(16-21)33-13-14-39(5)6)27-19(4)34-30(36-27)29-28-26(37-38-29)12-11-25(35-28)20(8-2)18-32-9-3/h7-12,15-18,33H,1,3,13-14H2,2,4-6H3,(H,34,36)(H,37,38)/b20-8+,24-10-,32-18?. The summed E-state index contributed by atoms with van der Waals surface area (Å²) in [6.07, 6.45) is 8.64. The monoisotopic (exact) mass is 524 g/mol. The molecule has 0 aliphatic carbocycles. The Bertz CT molecular complexity index is 1590. The molecule has 8 nitrogen and oxygen atoms in total. The Labute approximate surface area is 227 Å². The first kappa shape index (κ1) is 27.4. The lowest BCUT2D eigenvalue weighted by molar-refractivity contribution is 0.425. The highest BCUT2D eigenvalue weighted by Gasteiger charge is 2.19. The van der Waals surface area contributed by atoms with Crippen LogP contribution in [0.25, 0.3) is 33.7 Å². The second-order valence-electron chi connectivity index (χ2n) is 9.20. The predicted octanol–water partition coefficient (Wildman–Crippen LogP) is 6.00. The molecule has 4 rings (SSSR count). The summed E-state index contributed by atoms with van der Waals surface area (Å²) in [7, 11) is 3.99. The lowest BCUT2D eigenvalue weighted by atomic mass is 10.00. The number of anilines is 1. The van der Waals surface area contributed by atoms with Gasteiger partial charge in [-0.05, 0) is 63.8 Å². The highest BCUT2D eigenvalue weighted by Crippen LogP contribution is 2.31. The fraction of sp³-hybridized carbons (Fsp3) is 0.200. The molecule has 1 aromatic carbocycles. The molecule has 0 spiro atoms. The molecule has 0 atom stereocenters. The van der Waals surface area contributed by atoms with Crippen LogP contribution in [0.2, 0.25) is 0 Å². The number of aromatic amines is 2. The Hall–Kier alpha value is -4.63. The molecule has 0 aliphatic heterocycles. The van der Waals surface area contributed by atoms with Crippen LogP contribution in [0, 0.1) is 12.7 Å². The first-order chi connectivity index (χ1) is 18.8. The molecular formula is C30H33FN8. The van der Waals surface area contributed by atoms with E-state index < -0.39 is 0 Å². The maximum Gasteiger partial charge on any atom is 0.161 e. The van der Waals surface area contributed by atoms with Crippen molar-refractivity contribution in [3.8, 4) is 11.5 Å². The van der Waals surface area contributed by atoms with Crippen molar-refractivity contribution in [3.05, 3.63) is 96.4 Å². The van der Waals surface area contributed by atoms with Crippen molar-refractivity contribution in [2.24, 2.45) is 4.99 Å². The van der Waals surface area contributed by atoms with Gasteiger partial charge in [0.2, 0.25) is 0 Å². The first-order valence-electron chi connectivity index (χ1n) is 12.6. The quantitative estimate of drug-likeness (QED) is 0.165. The zero-order chi connectivity index (χ0) is 27.9. The number of nitrogens with one attached hydrogen (secondary N) is 3. The average molecular weight is 525 g/mol. The van der Waals surface area contributed by atoms with E-state index in [0.717, 1.165) is 34.6 Å². The Balaban J connectivity index is 1.74. The number of nitrogens with zero attached hydrogens (tertiary/aromatic N) is 5. The van der Waals surface area contributed by atoms with E-state index in [9.17, 15) is 4.39 Å². The van der Waals surface area contributed by atoms with E-state index in [-0.39, 0.29) is 5.82 Å². The van der Waals surface area contributed by atoms with E-state index in [4.69, 9.17) is 9.97 Å². The Morgan fingerprint density at radius 3 is 2.72 bits per heavy atom. The highest BCUT2D eigenvalue weighted by molar-refractivity contribution is 6.09. The number of halogens is 1. The van der Waals surface area contributed by atoms with Gasteiger partial charge in [-0.2, -0.15) is 5.10 Å². The third-order valence-electron chi connectivity index (χ3n) is 6.08. The molecule has 0 amide bonds. The summed E-state index contributed by atoms with van der Waals surface area (Å²) in [5, 5.41) is 10.8. The Kier molecular flexibility index (Phi) is 8.63. The molecule has 3 aromatic heterocycles. The molecule has 9 heteroatoms. The van der Waals surface area contributed by atoms with Gasteiger partial charge in [0.25, 0.3) is 0 Å². The van der Waals surface area contributed by atoms with Gasteiger partial charge in [0.05, 0.1) is 16.9 Å². The largest absolute Gasteiger partial charge is 0.384 e. The molecule has 0 aliphatic rings. The fourth-order valence-electron chi connectivity index (χ4n) is 4.18. The fourth-order valence-corrected chi connectivity index (χ4v) is 4.18. The Morgan fingerprint density at radius 2 is 2.00 bits per heavy atom. The summed E-state index contributed by atoms with van der Waals surface area (Å²) < 4.78 is 14.7. The number of fused-ring (bicyclic) bond motifs is 1. The van der Waals surface area contributed by atoms with E-state index in [1.165, 1.54) is 18.3 Å². The molecule has 0 saturated carbocycles. The molecule has 4 aromatic rings. The number of aromatic nitrogens is 5. The number of imidazole rings is 1. The summed E-state index contributed by atoms with van der Waals surface area (Å²) >= 11 is 0. The summed E-state index contributed by atoms with van der Waals surface area (Å²) in [6, 6.07) is 8.75. The van der Waals surface area contributed by atoms with Crippen molar-refractivity contribution < 1.29 is 4.39 Å². The van der Waals surface area contributed by atoms with Gasteiger partial charge in [-0.1, -0.05) is 31.4 Å². The zero-order valence-electron chi connectivity index (χ0n) is 22.7. The number of H-pyrrole nitrogens is 2. The average Bonchev–Trinajstić information content (AvgIpc) is 3.50. The molecule has 0 fully saturated rings. The van der Waals surface area contributed by atoms with Crippen LogP contribution in [0.3, 0.4) is 0 Å². The topological polar surface area (TPSA) is 97.9 Å². The minimum atomic E-state index is -0.335. The second kappa shape index (κ2) is 12.3. The molecule has 3 N–H and O–H groups in total. The number of allylic oxidation sites excluding steroid dienone is 4. The smallest absolute Gasteiger partial charge is 0.161 e. The van der Waals surface area contributed by atoms with Crippen LogP contribution < -0.4 is 5.32 Å². The first-order valence-corrected chi connectivity index (χ1v) is 12.6. The lowest BCUT2D eigenvalue weighted by Crippen LogP contribution is -2.20. The minimum absolute atomic E-state index is 0.335. The Morgan fingerprint density at radius 1 is 1.18 bits per heavy atom. The number of pyridine rings is 1. The van der Waals surface area contributed by atoms with Gasteiger partial charge < -0.3 is 15.2 Å². The third kappa shape index (κ3) is 6.27. The highest BCUT2D eigenvalue weighted by atomic mass is 19.1. The minimum Gasteiger partial charge on any atom is -0.384 e. The van der Waals surface area contributed by atoms with Crippen LogP contribution in [0.1, 0.15) is 29.6 Å². The lowest BCUT2D eigenvalue weighted by Gasteiger charge is -2.13. The summed E-state index contributed by atoms with van der Waals surface area (Å²) in [5.41, 5.74) is 7.26. The molecule has 200 valence electrons. The third-order valence-corrected chi connectivity index (χ3v) is 6.08. The van der Waals surface area contributed by atoms with E-state index >= 15 is 0 Å². The number of aliphatic imine (C=N–C) groups is 1. The normalized spacial score (nSPS) is 12.6. The van der Waals surface area contributed by atoms with E-state index in [0.29, 0.717) is 40.5 Å². The van der Waals surface area contributed by atoms with Gasteiger partial charge in [-0.3, -0.25) is 10.1 Å². The van der Waals surface area contributed by atoms with Crippen molar-refractivity contribution in [2.45, 2.75) is 13.8 Å². The molecule has 0 unspecified atom stereocenters. The van der Waals surface area contributed by atoms with Crippen molar-refractivity contribution in [1.82, 2.24) is 30.0 Å². The maximum atomic E-state index is 14.7. The van der Waals surface area contributed by atoms with E-state index in [2.05, 4.69) is 43.5 Å². The van der Waals surface area contributed by atoms with Gasteiger partial charge in [-0.25, -0.2) is 14.4 Å². The van der Waals surface area contributed by atoms with Crippen LogP contribution in [-0.4, -0.2) is 63.4 Å². The summed E-state index contributed by atoms with van der Waals surface area (Å²) in [6.45, 7) is 12.9. The van der Waals surface area contributed by atoms with Crippen LogP contribution in [-0.2, 0) is 0 Å². The van der Waals surface area contributed by atoms with Crippen LogP contribution in [0.15, 0.2) is 72.9 Å². The van der Waals surface area contributed by atoms with E-state index in [1.807, 2.05) is 58.3 Å². The summed E-state index contributed by atoms with van der Waals surface area (Å²) in [4.78, 5) is 19.3. The number of likely N-dealkylation sites (N-methyl/N-ethyl adjacent to an activating group) is 1. The van der Waals surface area contributed by atoms with Crippen molar-refractivity contribution in [2.75, 3.05) is 32.5 Å². The molecule has 39 heavy (non-hydrogen) atoms. The number of rotatable bonds is 11. The summed E-state index contributed by atoms with van der Waals surface area (Å²) in [5.74, 6) is 0.217. The number of aryl methyl sites for hydroxylation is 1. The second-order valence-corrected chi connectivity index (χ2v) is 9.20. The number of hydrogen-bond acceptors (Lipinski definition) is 6.